The topological polar surface area (TPSA) is 40.6 Å². The second-order valence-electron chi connectivity index (χ2n) is 5.35. The summed E-state index contributed by atoms with van der Waals surface area (Å²) in [5, 5.41) is 2.63. The standard InChI is InChI=1S/C19H18ClNO3.BrH/c1-22-16-9-14-11-21-10-13(8-12-4-6-15(20)7-5-12)17(14)19(24-3)18(16)23-2;/h4-7,9-11H,8H2,1-3H3;1H. The molecule has 0 N–H and O–H groups in total. The van der Waals surface area contributed by atoms with Gasteiger partial charge in [0, 0.05) is 28.2 Å². The Hall–Kier alpha value is -1.98. The number of nitrogens with zero attached hydrogens (tertiary/aromatic N) is 1. The molecule has 0 aliphatic carbocycles. The number of benzene rings is 2. The van der Waals surface area contributed by atoms with Gasteiger partial charge in [0.25, 0.3) is 0 Å². The number of halogens is 2. The number of rotatable bonds is 5. The van der Waals surface area contributed by atoms with Gasteiger partial charge in [0.15, 0.2) is 11.5 Å². The van der Waals surface area contributed by atoms with E-state index in [0.29, 0.717) is 23.7 Å². The summed E-state index contributed by atoms with van der Waals surface area (Å²) in [6, 6.07) is 9.70. The van der Waals surface area contributed by atoms with E-state index in [1.165, 1.54) is 0 Å². The van der Waals surface area contributed by atoms with E-state index in [-0.39, 0.29) is 17.0 Å². The van der Waals surface area contributed by atoms with Crippen LogP contribution >= 0.6 is 28.6 Å². The van der Waals surface area contributed by atoms with Crippen LogP contribution in [0.2, 0.25) is 5.02 Å². The van der Waals surface area contributed by atoms with Crippen LogP contribution in [0.1, 0.15) is 11.1 Å². The predicted octanol–water partition coefficient (Wildman–Crippen LogP) is 5.08. The van der Waals surface area contributed by atoms with E-state index in [0.717, 1.165) is 26.9 Å². The van der Waals surface area contributed by atoms with Crippen molar-refractivity contribution in [3.05, 3.63) is 58.9 Å². The van der Waals surface area contributed by atoms with Crippen LogP contribution in [0.3, 0.4) is 0 Å². The molecular weight excluding hydrogens is 406 g/mol. The highest BCUT2D eigenvalue weighted by Gasteiger charge is 2.18. The molecule has 0 fully saturated rings. The number of ether oxygens (including phenoxy) is 3. The Morgan fingerprint density at radius 2 is 1.60 bits per heavy atom. The lowest BCUT2D eigenvalue weighted by atomic mass is 9.99. The van der Waals surface area contributed by atoms with Gasteiger partial charge in [-0.2, -0.15) is 0 Å². The van der Waals surface area contributed by atoms with Gasteiger partial charge in [0.2, 0.25) is 5.75 Å². The van der Waals surface area contributed by atoms with Crippen LogP contribution < -0.4 is 14.2 Å². The molecule has 2 aromatic carbocycles. The first-order valence-corrected chi connectivity index (χ1v) is 7.85. The third kappa shape index (κ3) is 3.83. The van der Waals surface area contributed by atoms with E-state index in [2.05, 4.69) is 4.98 Å². The van der Waals surface area contributed by atoms with E-state index in [1.807, 2.05) is 36.5 Å². The number of fused-ring (bicyclic) bond motifs is 1. The Morgan fingerprint density at radius 3 is 2.20 bits per heavy atom. The third-order valence-electron chi connectivity index (χ3n) is 3.93. The summed E-state index contributed by atoms with van der Waals surface area (Å²) in [5.41, 5.74) is 2.19. The minimum atomic E-state index is 0. The van der Waals surface area contributed by atoms with Gasteiger partial charge < -0.3 is 14.2 Å². The molecule has 0 amide bonds. The first-order valence-electron chi connectivity index (χ1n) is 7.48. The quantitative estimate of drug-likeness (QED) is 0.572. The Labute approximate surface area is 162 Å². The number of hydrogen-bond acceptors (Lipinski definition) is 4. The molecule has 3 rings (SSSR count). The number of pyridine rings is 1. The Bertz CT molecular complexity index is 869. The molecule has 0 spiro atoms. The van der Waals surface area contributed by atoms with Crippen LogP contribution in [0, 0.1) is 0 Å². The van der Waals surface area contributed by atoms with Crippen molar-refractivity contribution in [2.24, 2.45) is 0 Å². The van der Waals surface area contributed by atoms with E-state index >= 15 is 0 Å². The van der Waals surface area contributed by atoms with Gasteiger partial charge in [-0.25, -0.2) is 0 Å². The Morgan fingerprint density at radius 1 is 0.920 bits per heavy atom. The minimum absolute atomic E-state index is 0. The molecule has 0 atom stereocenters. The molecule has 0 unspecified atom stereocenters. The van der Waals surface area contributed by atoms with Crippen molar-refractivity contribution in [3.63, 3.8) is 0 Å². The van der Waals surface area contributed by atoms with Gasteiger partial charge in [-0.1, -0.05) is 23.7 Å². The molecule has 132 valence electrons. The molecule has 4 nitrogen and oxygen atoms in total. The predicted molar refractivity (Wildman–Crippen MR) is 106 cm³/mol. The first kappa shape index (κ1) is 19.3. The average Bonchev–Trinajstić information content (AvgIpc) is 2.62. The SMILES string of the molecule is Br.COc1cc2cncc(Cc3ccc(Cl)cc3)c2c(OC)c1OC. The van der Waals surface area contributed by atoms with Crippen molar-refractivity contribution >= 4 is 39.4 Å². The van der Waals surface area contributed by atoms with Crippen molar-refractivity contribution < 1.29 is 14.2 Å². The molecule has 6 heteroatoms. The van der Waals surface area contributed by atoms with Crippen molar-refractivity contribution in [3.8, 4) is 17.2 Å². The molecule has 25 heavy (non-hydrogen) atoms. The summed E-state index contributed by atoms with van der Waals surface area (Å²) in [4.78, 5) is 4.35. The fourth-order valence-corrected chi connectivity index (χ4v) is 2.96. The van der Waals surface area contributed by atoms with Gasteiger partial charge >= 0.3 is 0 Å². The molecule has 3 aromatic rings. The van der Waals surface area contributed by atoms with Crippen LogP contribution in [-0.4, -0.2) is 26.3 Å². The summed E-state index contributed by atoms with van der Waals surface area (Å²) in [7, 11) is 4.84. The molecule has 0 bridgehead atoms. The second-order valence-corrected chi connectivity index (χ2v) is 5.78. The third-order valence-corrected chi connectivity index (χ3v) is 4.19. The zero-order chi connectivity index (χ0) is 17.1. The maximum absolute atomic E-state index is 5.97. The zero-order valence-electron chi connectivity index (χ0n) is 14.2. The van der Waals surface area contributed by atoms with Gasteiger partial charge in [0.05, 0.1) is 21.3 Å². The highest BCUT2D eigenvalue weighted by molar-refractivity contribution is 8.93. The number of aromatic nitrogens is 1. The van der Waals surface area contributed by atoms with E-state index in [1.54, 1.807) is 27.5 Å². The summed E-state index contributed by atoms with van der Waals surface area (Å²) in [6.45, 7) is 0. The lowest BCUT2D eigenvalue weighted by Crippen LogP contribution is -1.99. The van der Waals surface area contributed by atoms with Crippen molar-refractivity contribution in [1.29, 1.82) is 0 Å². The van der Waals surface area contributed by atoms with Crippen molar-refractivity contribution in [2.45, 2.75) is 6.42 Å². The molecule has 0 radical (unpaired) electrons. The van der Waals surface area contributed by atoms with Crippen molar-refractivity contribution in [2.75, 3.05) is 21.3 Å². The molecule has 1 heterocycles. The summed E-state index contributed by atoms with van der Waals surface area (Å²) >= 11 is 5.97. The smallest absolute Gasteiger partial charge is 0.203 e. The average molecular weight is 425 g/mol. The van der Waals surface area contributed by atoms with Gasteiger partial charge in [-0.15, -0.1) is 17.0 Å². The number of hydrogen-bond donors (Lipinski definition) is 0. The largest absolute Gasteiger partial charge is 0.493 e. The maximum Gasteiger partial charge on any atom is 0.203 e. The lowest BCUT2D eigenvalue weighted by molar-refractivity contribution is 0.327. The lowest BCUT2D eigenvalue weighted by Gasteiger charge is -2.16. The molecule has 0 aliphatic heterocycles. The van der Waals surface area contributed by atoms with E-state index in [9.17, 15) is 0 Å². The van der Waals surface area contributed by atoms with Crippen LogP contribution in [0.4, 0.5) is 0 Å². The van der Waals surface area contributed by atoms with Crippen molar-refractivity contribution in [1.82, 2.24) is 4.98 Å². The van der Waals surface area contributed by atoms with E-state index in [4.69, 9.17) is 25.8 Å². The summed E-state index contributed by atoms with van der Waals surface area (Å²) in [5.74, 6) is 1.85. The minimum Gasteiger partial charge on any atom is -0.493 e. The number of methoxy groups -OCH3 is 3. The highest BCUT2D eigenvalue weighted by atomic mass is 79.9. The molecular formula is C19H19BrClNO3. The fraction of sp³-hybridized carbons (Fsp3) is 0.211. The molecule has 1 aromatic heterocycles. The summed E-state index contributed by atoms with van der Waals surface area (Å²) < 4.78 is 16.5. The fourth-order valence-electron chi connectivity index (χ4n) is 2.84. The van der Waals surface area contributed by atoms with E-state index < -0.39 is 0 Å². The molecule has 0 aliphatic rings. The van der Waals surface area contributed by atoms with Crippen LogP contribution in [-0.2, 0) is 6.42 Å². The highest BCUT2D eigenvalue weighted by Crippen LogP contribution is 2.44. The second kappa shape index (κ2) is 8.41. The van der Waals surface area contributed by atoms with Crippen LogP contribution in [0.15, 0.2) is 42.7 Å². The monoisotopic (exact) mass is 423 g/mol. The zero-order valence-corrected chi connectivity index (χ0v) is 16.7. The van der Waals surface area contributed by atoms with Crippen LogP contribution in [0.25, 0.3) is 10.8 Å². The normalized spacial score (nSPS) is 10.2. The van der Waals surface area contributed by atoms with Gasteiger partial charge in [0.1, 0.15) is 0 Å². The van der Waals surface area contributed by atoms with Gasteiger partial charge in [-0.05, 0) is 35.7 Å². The maximum atomic E-state index is 5.97. The summed E-state index contributed by atoms with van der Waals surface area (Å²) in [6.07, 6.45) is 4.36. The molecule has 0 saturated heterocycles. The Balaban J connectivity index is 0.00000225. The first-order chi connectivity index (χ1) is 11.7. The Kier molecular flexibility index (Phi) is 6.51. The van der Waals surface area contributed by atoms with Gasteiger partial charge in [-0.3, -0.25) is 4.98 Å². The molecule has 0 saturated carbocycles. The van der Waals surface area contributed by atoms with Crippen LogP contribution in [0.5, 0.6) is 17.2 Å².